The van der Waals surface area contributed by atoms with Gasteiger partial charge in [-0.1, -0.05) is 42.3 Å². The zero-order chi connectivity index (χ0) is 11.3. The zero-order valence-corrected chi connectivity index (χ0v) is 10.9. The van der Waals surface area contributed by atoms with E-state index in [0.717, 1.165) is 12.2 Å². The number of aliphatic hydroxyl groups excluding tert-OH is 1. The highest BCUT2D eigenvalue weighted by molar-refractivity contribution is 7.99. The van der Waals surface area contributed by atoms with E-state index >= 15 is 0 Å². The van der Waals surface area contributed by atoms with Crippen LogP contribution in [-0.2, 0) is 0 Å². The molecule has 84 valence electrons. The van der Waals surface area contributed by atoms with Gasteiger partial charge in [-0.2, -0.15) is 11.8 Å². The maximum absolute atomic E-state index is 9.89. The van der Waals surface area contributed by atoms with Crippen molar-refractivity contribution in [1.29, 1.82) is 0 Å². The van der Waals surface area contributed by atoms with Crippen molar-refractivity contribution >= 4 is 35.0 Å². The van der Waals surface area contributed by atoms with Crippen molar-refractivity contribution in [3.05, 3.63) is 33.8 Å². The Bertz CT molecular complexity index is 317. The highest BCUT2D eigenvalue weighted by atomic mass is 35.5. The molecule has 1 aromatic rings. The fourth-order valence-electron chi connectivity index (χ4n) is 1.21. The van der Waals surface area contributed by atoms with E-state index in [-0.39, 0.29) is 0 Å². The van der Waals surface area contributed by atoms with E-state index in [0.29, 0.717) is 21.4 Å². The van der Waals surface area contributed by atoms with Gasteiger partial charge in [0.25, 0.3) is 0 Å². The summed E-state index contributed by atoms with van der Waals surface area (Å²) in [5, 5.41) is 10.8. The Morgan fingerprint density at radius 1 is 1.40 bits per heavy atom. The summed E-state index contributed by atoms with van der Waals surface area (Å²) in [6, 6.07) is 5.34. The quantitative estimate of drug-likeness (QED) is 0.806. The minimum absolute atomic E-state index is 0.462. The van der Waals surface area contributed by atoms with Crippen molar-refractivity contribution < 1.29 is 5.11 Å². The number of rotatable bonds is 5. The largest absolute Gasteiger partial charge is 0.387 e. The van der Waals surface area contributed by atoms with Gasteiger partial charge in [-0.15, -0.1) is 0 Å². The van der Waals surface area contributed by atoms with Crippen LogP contribution in [0.5, 0.6) is 0 Å². The highest BCUT2D eigenvalue weighted by Crippen LogP contribution is 2.31. The summed E-state index contributed by atoms with van der Waals surface area (Å²) in [4.78, 5) is 0. The number of benzene rings is 1. The molecule has 1 N–H and O–H groups in total. The summed E-state index contributed by atoms with van der Waals surface area (Å²) in [7, 11) is 0. The van der Waals surface area contributed by atoms with Crippen LogP contribution in [0.1, 0.15) is 25.0 Å². The van der Waals surface area contributed by atoms with Crippen molar-refractivity contribution in [3.63, 3.8) is 0 Å². The number of hydrogen-bond acceptors (Lipinski definition) is 2. The van der Waals surface area contributed by atoms with Gasteiger partial charge < -0.3 is 5.11 Å². The molecule has 1 rings (SSSR count). The molecule has 0 aliphatic rings. The summed E-state index contributed by atoms with van der Waals surface area (Å²) >= 11 is 13.6. The van der Waals surface area contributed by atoms with Crippen LogP contribution in [0.3, 0.4) is 0 Å². The average Bonchev–Trinajstić information content (AvgIpc) is 2.22. The van der Waals surface area contributed by atoms with Gasteiger partial charge in [-0.25, -0.2) is 0 Å². The number of thioether (sulfide) groups is 1. The molecule has 1 unspecified atom stereocenters. The lowest BCUT2D eigenvalue weighted by molar-refractivity contribution is 0.204. The lowest BCUT2D eigenvalue weighted by atomic mass is 10.1. The van der Waals surface area contributed by atoms with Crippen molar-refractivity contribution in [1.82, 2.24) is 0 Å². The first-order chi connectivity index (χ1) is 7.16. The average molecular weight is 265 g/mol. The first-order valence-electron chi connectivity index (χ1n) is 4.86. The molecule has 0 spiro atoms. The van der Waals surface area contributed by atoms with Crippen molar-refractivity contribution in [2.75, 3.05) is 11.5 Å². The summed E-state index contributed by atoms with van der Waals surface area (Å²) in [6.45, 7) is 2.12. The van der Waals surface area contributed by atoms with Crippen molar-refractivity contribution in [2.24, 2.45) is 0 Å². The fraction of sp³-hybridized carbons (Fsp3) is 0.455. The summed E-state index contributed by atoms with van der Waals surface area (Å²) in [5.41, 5.74) is 0.716. The third kappa shape index (κ3) is 3.87. The van der Waals surface area contributed by atoms with E-state index in [2.05, 4.69) is 6.92 Å². The van der Waals surface area contributed by atoms with Crippen LogP contribution in [0.4, 0.5) is 0 Å². The lowest BCUT2D eigenvalue weighted by Crippen LogP contribution is -2.02. The topological polar surface area (TPSA) is 20.2 Å². The molecule has 1 nitrogen and oxygen atoms in total. The van der Waals surface area contributed by atoms with Gasteiger partial charge in [0.15, 0.2) is 0 Å². The molecule has 0 aliphatic heterocycles. The molecule has 0 fully saturated rings. The number of aliphatic hydroxyl groups is 1. The molecule has 0 amide bonds. The predicted octanol–water partition coefficient (Wildman–Crippen LogP) is 4.17. The predicted molar refractivity (Wildman–Crippen MR) is 69.0 cm³/mol. The molecule has 0 aromatic heterocycles. The number of hydrogen-bond donors (Lipinski definition) is 1. The molecular formula is C11H14Cl2OS. The van der Waals surface area contributed by atoms with Crippen LogP contribution in [0.15, 0.2) is 18.2 Å². The van der Waals surface area contributed by atoms with Gasteiger partial charge in [0.2, 0.25) is 0 Å². The van der Waals surface area contributed by atoms with Crippen LogP contribution in [0.25, 0.3) is 0 Å². The Balaban J connectivity index is 2.65. The Hall–Kier alpha value is 0.110. The van der Waals surface area contributed by atoms with Crippen LogP contribution in [-0.4, -0.2) is 16.6 Å². The number of halogens is 2. The molecule has 4 heteroatoms. The molecule has 0 bridgehead atoms. The van der Waals surface area contributed by atoms with Gasteiger partial charge in [0.1, 0.15) is 0 Å². The molecular weight excluding hydrogens is 251 g/mol. The van der Waals surface area contributed by atoms with Gasteiger partial charge in [-0.05, 0) is 18.2 Å². The van der Waals surface area contributed by atoms with Crippen molar-refractivity contribution in [2.45, 2.75) is 19.4 Å². The van der Waals surface area contributed by atoms with Crippen LogP contribution < -0.4 is 0 Å². The van der Waals surface area contributed by atoms with E-state index in [9.17, 15) is 5.11 Å². The third-order valence-electron chi connectivity index (χ3n) is 1.96. The minimum Gasteiger partial charge on any atom is -0.387 e. The standard InChI is InChI=1S/C11H14Cl2OS/c1-2-6-15-7-10(14)8-4-3-5-9(12)11(8)13/h3-5,10,14H,2,6-7H2,1H3. The maximum Gasteiger partial charge on any atom is 0.0895 e. The Morgan fingerprint density at radius 2 is 2.13 bits per heavy atom. The summed E-state index contributed by atoms with van der Waals surface area (Å²) in [5.74, 6) is 1.71. The van der Waals surface area contributed by atoms with Gasteiger partial charge in [0.05, 0.1) is 16.1 Å². The lowest BCUT2D eigenvalue weighted by Gasteiger charge is -2.12. The molecule has 15 heavy (non-hydrogen) atoms. The molecule has 0 heterocycles. The Kier molecular flexibility index (Phi) is 5.83. The molecule has 0 saturated carbocycles. The first-order valence-corrected chi connectivity index (χ1v) is 6.77. The van der Waals surface area contributed by atoms with Gasteiger partial charge in [0, 0.05) is 11.3 Å². The van der Waals surface area contributed by atoms with E-state index in [1.54, 1.807) is 23.9 Å². The van der Waals surface area contributed by atoms with E-state index in [1.165, 1.54) is 0 Å². The smallest absolute Gasteiger partial charge is 0.0895 e. The maximum atomic E-state index is 9.89. The van der Waals surface area contributed by atoms with Crippen LogP contribution in [0, 0.1) is 0 Å². The first kappa shape index (κ1) is 13.2. The minimum atomic E-state index is -0.534. The molecule has 0 aliphatic carbocycles. The second-order valence-corrected chi connectivity index (χ2v) is 5.17. The second kappa shape index (κ2) is 6.64. The normalized spacial score (nSPS) is 12.8. The zero-order valence-electron chi connectivity index (χ0n) is 8.54. The molecule has 1 aromatic carbocycles. The summed E-state index contributed by atoms with van der Waals surface area (Å²) in [6.07, 6.45) is 0.577. The van der Waals surface area contributed by atoms with Gasteiger partial charge in [-0.3, -0.25) is 0 Å². The van der Waals surface area contributed by atoms with E-state index in [4.69, 9.17) is 23.2 Å². The molecule has 0 radical (unpaired) electrons. The fourth-order valence-corrected chi connectivity index (χ4v) is 2.50. The third-order valence-corrected chi connectivity index (χ3v) is 4.05. The Labute approximate surface area is 105 Å². The van der Waals surface area contributed by atoms with Crippen molar-refractivity contribution in [3.8, 4) is 0 Å². The van der Waals surface area contributed by atoms with E-state index in [1.807, 2.05) is 6.07 Å². The monoisotopic (exact) mass is 264 g/mol. The highest BCUT2D eigenvalue weighted by Gasteiger charge is 2.13. The van der Waals surface area contributed by atoms with Gasteiger partial charge >= 0.3 is 0 Å². The van der Waals surface area contributed by atoms with E-state index < -0.39 is 6.10 Å². The molecule has 0 saturated heterocycles. The summed E-state index contributed by atoms with van der Waals surface area (Å²) < 4.78 is 0. The second-order valence-electron chi connectivity index (χ2n) is 3.23. The van der Waals surface area contributed by atoms with Crippen LogP contribution >= 0.6 is 35.0 Å². The van der Waals surface area contributed by atoms with Crippen LogP contribution in [0.2, 0.25) is 10.0 Å². The SMILES string of the molecule is CCCSCC(O)c1cccc(Cl)c1Cl. The molecule has 1 atom stereocenters. The Morgan fingerprint density at radius 3 is 2.80 bits per heavy atom.